The van der Waals surface area contributed by atoms with E-state index in [0.29, 0.717) is 5.02 Å². The summed E-state index contributed by atoms with van der Waals surface area (Å²) in [7, 11) is 0. The van der Waals surface area contributed by atoms with Crippen molar-refractivity contribution in [3.05, 3.63) is 23.2 Å². The number of amides is 1. The van der Waals surface area contributed by atoms with Gasteiger partial charge in [0, 0.05) is 5.02 Å². The van der Waals surface area contributed by atoms with Crippen LogP contribution in [-0.2, 0) is 4.79 Å². The average molecular weight is 225 g/mol. The molecule has 1 amide bonds. The zero-order valence-corrected chi connectivity index (χ0v) is 9.27. The molecule has 0 aliphatic carbocycles. The van der Waals surface area contributed by atoms with E-state index in [1.54, 1.807) is 6.07 Å². The Hall–Kier alpha value is -1.22. The predicted octanol–water partition coefficient (Wildman–Crippen LogP) is 2.87. The van der Waals surface area contributed by atoms with Crippen LogP contribution in [0, 0.1) is 0 Å². The Morgan fingerprint density at radius 1 is 1.40 bits per heavy atom. The van der Waals surface area contributed by atoms with Crippen molar-refractivity contribution in [3.63, 3.8) is 0 Å². The third kappa shape index (κ3) is 2.07. The number of carbonyl (C=O) groups excluding carboxylic acids is 1. The van der Waals surface area contributed by atoms with Gasteiger partial charge in [-0.05, 0) is 24.6 Å². The smallest absolute Gasteiger partial charge is 0.246 e. The summed E-state index contributed by atoms with van der Waals surface area (Å²) < 4.78 is 0. The van der Waals surface area contributed by atoms with Gasteiger partial charge in [-0.3, -0.25) is 4.79 Å². The SMILES string of the molecule is CCC[C@@H]1Nc2cc(Cl)ccc2NC1=O. The fourth-order valence-corrected chi connectivity index (χ4v) is 1.88. The molecule has 1 aliphatic heterocycles. The third-order valence-electron chi connectivity index (χ3n) is 2.46. The molecule has 0 fully saturated rings. The molecule has 2 rings (SSSR count). The highest BCUT2D eigenvalue weighted by atomic mass is 35.5. The van der Waals surface area contributed by atoms with Gasteiger partial charge in [0.2, 0.25) is 5.91 Å². The lowest BCUT2D eigenvalue weighted by Gasteiger charge is -2.26. The molecule has 1 aromatic rings. The van der Waals surface area contributed by atoms with Crippen LogP contribution in [0.5, 0.6) is 0 Å². The van der Waals surface area contributed by atoms with Crippen LogP contribution < -0.4 is 10.6 Å². The molecular weight excluding hydrogens is 212 g/mol. The van der Waals surface area contributed by atoms with Crippen LogP contribution in [0.1, 0.15) is 19.8 Å². The molecule has 1 heterocycles. The largest absolute Gasteiger partial charge is 0.372 e. The second-order valence-corrected chi connectivity index (χ2v) is 4.10. The van der Waals surface area contributed by atoms with Crippen molar-refractivity contribution in [2.45, 2.75) is 25.8 Å². The Labute approximate surface area is 93.8 Å². The molecule has 0 bridgehead atoms. The zero-order valence-electron chi connectivity index (χ0n) is 8.51. The molecular formula is C11H13ClN2O. The minimum atomic E-state index is -0.138. The van der Waals surface area contributed by atoms with Crippen LogP contribution in [0.4, 0.5) is 11.4 Å². The van der Waals surface area contributed by atoms with Gasteiger partial charge in [-0.1, -0.05) is 24.9 Å². The molecule has 0 radical (unpaired) electrons. The summed E-state index contributed by atoms with van der Waals surface area (Å²) in [6.07, 6.45) is 1.80. The Bertz CT molecular complexity index is 392. The van der Waals surface area contributed by atoms with Gasteiger partial charge in [-0.2, -0.15) is 0 Å². The van der Waals surface area contributed by atoms with Crippen LogP contribution in [-0.4, -0.2) is 11.9 Å². The Morgan fingerprint density at radius 2 is 2.20 bits per heavy atom. The van der Waals surface area contributed by atoms with Crippen molar-refractivity contribution in [1.82, 2.24) is 0 Å². The van der Waals surface area contributed by atoms with E-state index >= 15 is 0 Å². The van der Waals surface area contributed by atoms with Crippen molar-refractivity contribution >= 4 is 28.9 Å². The first kappa shape index (κ1) is 10.3. The monoisotopic (exact) mass is 224 g/mol. The normalized spacial score (nSPS) is 19.1. The maximum absolute atomic E-state index is 11.6. The topological polar surface area (TPSA) is 41.1 Å². The first-order valence-electron chi connectivity index (χ1n) is 5.07. The number of hydrogen-bond acceptors (Lipinski definition) is 2. The maximum Gasteiger partial charge on any atom is 0.246 e. The summed E-state index contributed by atoms with van der Waals surface area (Å²) in [5.74, 6) is 0.0340. The molecule has 0 saturated carbocycles. The van der Waals surface area contributed by atoms with Crippen molar-refractivity contribution in [2.24, 2.45) is 0 Å². The third-order valence-corrected chi connectivity index (χ3v) is 2.70. The van der Waals surface area contributed by atoms with Crippen LogP contribution in [0.25, 0.3) is 0 Å². The number of hydrogen-bond donors (Lipinski definition) is 2. The number of halogens is 1. The molecule has 2 N–H and O–H groups in total. The minimum absolute atomic E-state index is 0.0340. The molecule has 1 atom stereocenters. The van der Waals surface area contributed by atoms with E-state index < -0.39 is 0 Å². The minimum Gasteiger partial charge on any atom is -0.372 e. The number of benzene rings is 1. The van der Waals surface area contributed by atoms with Gasteiger partial charge in [0.15, 0.2) is 0 Å². The molecule has 3 nitrogen and oxygen atoms in total. The zero-order chi connectivity index (χ0) is 10.8. The quantitative estimate of drug-likeness (QED) is 0.811. The van der Waals surface area contributed by atoms with E-state index in [-0.39, 0.29) is 11.9 Å². The van der Waals surface area contributed by atoms with Gasteiger partial charge in [-0.15, -0.1) is 0 Å². The van der Waals surface area contributed by atoms with Crippen molar-refractivity contribution in [2.75, 3.05) is 10.6 Å². The highest BCUT2D eigenvalue weighted by Gasteiger charge is 2.24. The standard InChI is InChI=1S/C11H13ClN2O/c1-2-3-9-11(15)14-8-5-4-7(12)6-10(8)13-9/h4-6,9,13H,2-3H2,1H3,(H,14,15)/t9-/m0/s1. The predicted molar refractivity (Wildman–Crippen MR) is 62.4 cm³/mol. The Morgan fingerprint density at radius 3 is 2.93 bits per heavy atom. The lowest BCUT2D eigenvalue weighted by Crippen LogP contribution is -2.38. The summed E-state index contributed by atoms with van der Waals surface area (Å²) >= 11 is 5.89. The molecule has 0 saturated heterocycles. The number of nitrogens with one attached hydrogen (secondary N) is 2. The fraction of sp³-hybridized carbons (Fsp3) is 0.364. The van der Waals surface area contributed by atoms with Crippen LogP contribution in [0.2, 0.25) is 5.02 Å². The highest BCUT2D eigenvalue weighted by molar-refractivity contribution is 6.31. The van der Waals surface area contributed by atoms with Crippen molar-refractivity contribution in [1.29, 1.82) is 0 Å². The van der Waals surface area contributed by atoms with Gasteiger partial charge in [0.25, 0.3) is 0 Å². The summed E-state index contributed by atoms with van der Waals surface area (Å²) in [5.41, 5.74) is 1.71. The first-order valence-corrected chi connectivity index (χ1v) is 5.45. The molecule has 80 valence electrons. The first-order chi connectivity index (χ1) is 7.20. The van der Waals surface area contributed by atoms with Gasteiger partial charge in [-0.25, -0.2) is 0 Å². The van der Waals surface area contributed by atoms with E-state index in [4.69, 9.17) is 11.6 Å². The maximum atomic E-state index is 11.6. The second kappa shape index (κ2) is 4.11. The second-order valence-electron chi connectivity index (χ2n) is 3.66. The van der Waals surface area contributed by atoms with E-state index in [1.807, 2.05) is 12.1 Å². The van der Waals surface area contributed by atoms with Crippen LogP contribution >= 0.6 is 11.6 Å². The lowest BCUT2D eigenvalue weighted by molar-refractivity contribution is -0.117. The molecule has 0 aromatic heterocycles. The number of fused-ring (bicyclic) bond motifs is 1. The van der Waals surface area contributed by atoms with Gasteiger partial charge >= 0.3 is 0 Å². The molecule has 4 heteroatoms. The fourth-order valence-electron chi connectivity index (χ4n) is 1.71. The van der Waals surface area contributed by atoms with E-state index in [2.05, 4.69) is 17.6 Å². The molecule has 15 heavy (non-hydrogen) atoms. The number of anilines is 2. The lowest BCUT2D eigenvalue weighted by atomic mass is 10.1. The summed E-state index contributed by atoms with van der Waals surface area (Å²) in [5, 5.41) is 6.73. The summed E-state index contributed by atoms with van der Waals surface area (Å²) in [4.78, 5) is 11.6. The molecule has 0 unspecified atom stereocenters. The van der Waals surface area contributed by atoms with Crippen LogP contribution in [0.3, 0.4) is 0 Å². The number of rotatable bonds is 2. The summed E-state index contributed by atoms with van der Waals surface area (Å²) in [6.45, 7) is 2.06. The van der Waals surface area contributed by atoms with E-state index in [0.717, 1.165) is 24.2 Å². The van der Waals surface area contributed by atoms with Gasteiger partial charge < -0.3 is 10.6 Å². The van der Waals surface area contributed by atoms with E-state index in [1.165, 1.54) is 0 Å². The van der Waals surface area contributed by atoms with Crippen molar-refractivity contribution in [3.8, 4) is 0 Å². The average Bonchev–Trinajstić information content (AvgIpc) is 2.20. The molecule has 1 aliphatic rings. The van der Waals surface area contributed by atoms with Gasteiger partial charge in [0.05, 0.1) is 11.4 Å². The van der Waals surface area contributed by atoms with E-state index in [9.17, 15) is 4.79 Å². The highest BCUT2D eigenvalue weighted by Crippen LogP contribution is 2.30. The van der Waals surface area contributed by atoms with Gasteiger partial charge in [0.1, 0.15) is 6.04 Å². The molecule has 0 spiro atoms. The van der Waals surface area contributed by atoms with Crippen molar-refractivity contribution < 1.29 is 4.79 Å². The summed E-state index contributed by atoms with van der Waals surface area (Å²) in [6, 6.07) is 5.27. The Kier molecular flexibility index (Phi) is 2.82. The number of carbonyl (C=O) groups is 1. The Balaban J connectivity index is 2.26. The van der Waals surface area contributed by atoms with Crippen LogP contribution in [0.15, 0.2) is 18.2 Å². The molecule has 1 aromatic carbocycles.